The first-order chi connectivity index (χ1) is 11.7. The van der Waals surface area contributed by atoms with Gasteiger partial charge in [-0.1, -0.05) is 43.5 Å². The summed E-state index contributed by atoms with van der Waals surface area (Å²) in [6.45, 7) is 4.01. The number of benzene rings is 1. The van der Waals surface area contributed by atoms with Crippen molar-refractivity contribution < 1.29 is 4.79 Å². The zero-order valence-corrected chi connectivity index (χ0v) is 16.1. The minimum absolute atomic E-state index is 0. The highest BCUT2D eigenvalue weighted by atomic mass is 35.5. The molecular formula is C21H31ClN2O. The maximum absolute atomic E-state index is 13.8. The molecule has 0 spiro atoms. The van der Waals surface area contributed by atoms with Crippen molar-refractivity contribution >= 4 is 18.3 Å². The van der Waals surface area contributed by atoms with Crippen molar-refractivity contribution in [3.63, 3.8) is 0 Å². The summed E-state index contributed by atoms with van der Waals surface area (Å²) in [7, 11) is 0. The van der Waals surface area contributed by atoms with E-state index in [2.05, 4.69) is 41.4 Å². The number of nitrogens with one attached hydrogen (secondary N) is 1. The highest BCUT2D eigenvalue weighted by Gasteiger charge is 2.45. The van der Waals surface area contributed by atoms with Gasteiger partial charge in [-0.3, -0.25) is 4.79 Å². The quantitative estimate of drug-likeness (QED) is 0.863. The summed E-state index contributed by atoms with van der Waals surface area (Å²) >= 11 is 0. The molecule has 2 bridgehead atoms. The Morgan fingerprint density at radius 2 is 1.80 bits per heavy atom. The third-order valence-electron chi connectivity index (χ3n) is 6.59. The average molecular weight is 363 g/mol. The molecule has 2 saturated heterocycles. The van der Waals surface area contributed by atoms with Gasteiger partial charge < -0.3 is 10.2 Å². The van der Waals surface area contributed by atoms with Crippen LogP contribution in [0.5, 0.6) is 0 Å². The monoisotopic (exact) mass is 362 g/mol. The van der Waals surface area contributed by atoms with E-state index in [-0.39, 0.29) is 17.8 Å². The lowest BCUT2D eigenvalue weighted by Gasteiger charge is -2.41. The predicted octanol–water partition coefficient (Wildman–Crippen LogP) is 3.97. The van der Waals surface area contributed by atoms with Gasteiger partial charge in [0.05, 0.1) is 5.41 Å². The molecule has 2 heterocycles. The second kappa shape index (κ2) is 7.67. The van der Waals surface area contributed by atoms with Crippen LogP contribution in [0.15, 0.2) is 24.3 Å². The van der Waals surface area contributed by atoms with Crippen LogP contribution in [0.2, 0.25) is 0 Å². The molecule has 1 aromatic carbocycles. The van der Waals surface area contributed by atoms with Gasteiger partial charge in [0, 0.05) is 25.2 Å². The first-order valence-corrected chi connectivity index (χ1v) is 9.80. The minimum atomic E-state index is -0.271. The van der Waals surface area contributed by atoms with E-state index in [0.717, 1.165) is 32.4 Å². The van der Waals surface area contributed by atoms with Crippen molar-refractivity contribution in [1.82, 2.24) is 10.2 Å². The number of halogens is 1. The third kappa shape index (κ3) is 3.46. The van der Waals surface area contributed by atoms with E-state index in [1.165, 1.54) is 43.2 Å². The van der Waals surface area contributed by atoms with E-state index >= 15 is 0 Å². The van der Waals surface area contributed by atoms with Gasteiger partial charge in [0.15, 0.2) is 0 Å². The Hall–Kier alpha value is -1.06. The fourth-order valence-electron chi connectivity index (χ4n) is 5.29. The molecule has 1 N–H and O–H groups in total. The third-order valence-corrected chi connectivity index (χ3v) is 6.59. The maximum Gasteiger partial charge on any atom is 0.233 e. The van der Waals surface area contributed by atoms with E-state index in [1.54, 1.807) is 0 Å². The van der Waals surface area contributed by atoms with Crippen LogP contribution in [0.4, 0.5) is 0 Å². The number of likely N-dealkylation sites (tertiary alicyclic amines) is 1. The van der Waals surface area contributed by atoms with Crippen LogP contribution in [-0.2, 0) is 10.2 Å². The van der Waals surface area contributed by atoms with Crippen molar-refractivity contribution in [3.8, 4) is 0 Å². The number of hydrogen-bond donors (Lipinski definition) is 1. The van der Waals surface area contributed by atoms with Crippen LogP contribution in [0.25, 0.3) is 0 Å². The summed E-state index contributed by atoms with van der Waals surface area (Å²) < 4.78 is 0. The SMILES string of the molecule is Cc1ccccc1C1(C(=O)N2CCC3CCC(C2)N3)CCCCC1.Cl. The summed E-state index contributed by atoms with van der Waals surface area (Å²) in [5, 5.41) is 3.71. The molecule has 2 atom stereocenters. The predicted molar refractivity (Wildman–Crippen MR) is 104 cm³/mol. The Balaban J connectivity index is 0.00000182. The van der Waals surface area contributed by atoms with E-state index in [9.17, 15) is 4.79 Å². The summed E-state index contributed by atoms with van der Waals surface area (Å²) in [6.07, 6.45) is 9.31. The number of nitrogens with zero attached hydrogens (tertiary/aromatic N) is 1. The molecule has 2 aliphatic heterocycles. The fraction of sp³-hybridized carbons (Fsp3) is 0.667. The van der Waals surface area contributed by atoms with E-state index < -0.39 is 0 Å². The van der Waals surface area contributed by atoms with Crippen LogP contribution < -0.4 is 5.32 Å². The van der Waals surface area contributed by atoms with E-state index in [0.29, 0.717) is 18.0 Å². The summed E-state index contributed by atoms with van der Waals surface area (Å²) in [4.78, 5) is 16.0. The minimum Gasteiger partial charge on any atom is -0.340 e. The van der Waals surface area contributed by atoms with Crippen LogP contribution in [0.3, 0.4) is 0 Å². The van der Waals surface area contributed by atoms with E-state index in [1.807, 2.05) is 0 Å². The smallest absolute Gasteiger partial charge is 0.233 e. The molecule has 1 amide bonds. The first-order valence-electron chi connectivity index (χ1n) is 9.80. The van der Waals surface area contributed by atoms with Gasteiger partial charge in [0.2, 0.25) is 5.91 Å². The molecule has 1 aliphatic carbocycles. The number of rotatable bonds is 2. The molecule has 2 unspecified atom stereocenters. The van der Waals surface area contributed by atoms with Gasteiger partial charge >= 0.3 is 0 Å². The van der Waals surface area contributed by atoms with Crippen molar-refractivity contribution in [3.05, 3.63) is 35.4 Å². The highest BCUT2D eigenvalue weighted by Crippen LogP contribution is 2.42. The largest absolute Gasteiger partial charge is 0.340 e. The standard InChI is InChI=1S/C21H30N2O.ClH/c1-16-7-3-4-8-19(16)21(12-5-2-6-13-21)20(24)23-14-11-17-9-10-18(15-23)22-17;/h3-4,7-8,17-18,22H,2,5-6,9-15H2,1H3;1H. The lowest BCUT2D eigenvalue weighted by Crippen LogP contribution is -2.50. The molecule has 3 fully saturated rings. The molecule has 0 aromatic heterocycles. The number of fused-ring (bicyclic) bond motifs is 2. The van der Waals surface area contributed by atoms with Crippen LogP contribution in [-0.4, -0.2) is 36.0 Å². The molecular weight excluding hydrogens is 332 g/mol. The molecule has 25 heavy (non-hydrogen) atoms. The number of carbonyl (C=O) groups excluding carboxylic acids is 1. The molecule has 138 valence electrons. The van der Waals surface area contributed by atoms with Crippen LogP contribution in [0, 0.1) is 6.92 Å². The molecule has 3 nitrogen and oxygen atoms in total. The van der Waals surface area contributed by atoms with Gasteiger partial charge in [0.1, 0.15) is 0 Å². The van der Waals surface area contributed by atoms with Gasteiger partial charge in [-0.25, -0.2) is 0 Å². The summed E-state index contributed by atoms with van der Waals surface area (Å²) in [6, 6.07) is 9.73. The van der Waals surface area contributed by atoms with Gasteiger partial charge in [-0.05, 0) is 50.2 Å². The Bertz CT molecular complexity index is 612. The zero-order valence-electron chi connectivity index (χ0n) is 15.3. The second-order valence-electron chi connectivity index (χ2n) is 8.14. The Morgan fingerprint density at radius 1 is 1.08 bits per heavy atom. The molecule has 0 radical (unpaired) electrons. The van der Waals surface area contributed by atoms with Gasteiger partial charge in [0.25, 0.3) is 0 Å². The molecule has 1 aromatic rings. The summed E-state index contributed by atoms with van der Waals surface area (Å²) in [5.41, 5.74) is 2.30. The maximum atomic E-state index is 13.8. The Morgan fingerprint density at radius 3 is 2.56 bits per heavy atom. The van der Waals surface area contributed by atoms with Crippen molar-refractivity contribution in [2.75, 3.05) is 13.1 Å². The van der Waals surface area contributed by atoms with Crippen molar-refractivity contribution in [2.24, 2.45) is 0 Å². The highest BCUT2D eigenvalue weighted by molar-refractivity contribution is 5.89. The average Bonchev–Trinajstić information content (AvgIpc) is 2.94. The first kappa shape index (κ1) is 18.7. The number of hydrogen-bond acceptors (Lipinski definition) is 2. The van der Waals surface area contributed by atoms with Gasteiger partial charge in [-0.15, -0.1) is 12.4 Å². The molecule has 4 rings (SSSR count). The lowest BCUT2D eigenvalue weighted by molar-refractivity contribution is -0.139. The van der Waals surface area contributed by atoms with Crippen LogP contribution >= 0.6 is 12.4 Å². The molecule has 3 aliphatic rings. The molecule has 1 saturated carbocycles. The lowest BCUT2D eigenvalue weighted by atomic mass is 9.67. The normalized spacial score (nSPS) is 28.1. The Kier molecular flexibility index (Phi) is 5.75. The zero-order chi connectivity index (χ0) is 16.6. The van der Waals surface area contributed by atoms with Crippen LogP contribution in [0.1, 0.15) is 62.5 Å². The topological polar surface area (TPSA) is 32.3 Å². The fourth-order valence-corrected chi connectivity index (χ4v) is 5.29. The van der Waals surface area contributed by atoms with E-state index in [4.69, 9.17) is 0 Å². The second-order valence-corrected chi connectivity index (χ2v) is 8.14. The van der Waals surface area contributed by atoms with Crippen molar-refractivity contribution in [2.45, 2.75) is 75.8 Å². The molecule has 4 heteroatoms. The van der Waals surface area contributed by atoms with Crippen molar-refractivity contribution in [1.29, 1.82) is 0 Å². The van der Waals surface area contributed by atoms with Gasteiger partial charge in [-0.2, -0.15) is 0 Å². The number of amides is 1. The number of aryl methyl sites for hydroxylation is 1. The summed E-state index contributed by atoms with van der Waals surface area (Å²) in [5.74, 6) is 0.408. The number of carbonyl (C=O) groups is 1. The Labute approximate surface area is 158 Å².